The van der Waals surface area contributed by atoms with Crippen LogP contribution in [0.25, 0.3) is 16.7 Å². The van der Waals surface area contributed by atoms with Crippen molar-refractivity contribution in [3.8, 4) is 0 Å². The van der Waals surface area contributed by atoms with E-state index in [-0.39, 0.29) is 12.1 Å². The van der Waals surface area contributed by atoms with Crippen LogP contribution >= 0.6 is 0 Å². The number of hydrogen-bond acceptors (Lipinski definition) is 7. The van der Waals surface area contributed by atoms with Gasteiger partial charge in [-0.05, 0) is 41.5 Å². The average molecular weight is 392 g/mol. The van der Waals surface area contributed by atoms with Crippen LogP contribution in [0.2, 0.25) is 0 Å². The van der Waals surface area contributed by atoms with Crippen molar-refractivity contribution >= 4 is 22.6 Å². The molecule has 1 fully saturated rings. The maximum atomic E-state index is 12.6. The molecular weight excluding hydrogens is 372 g/mol. The first kappa shape index (κ1) is 17.7. The van der Waals surface area contributed by atoms with Crippen molar-refractivity contribution in [2.45, 2.75) is 45.1 Å². The molecule has 4 heterocycles. The second-order valence-electron chi connectivity index (χ2n) is 7.21. The van der Waals surface area contributed by atoms with Gasteiger partial charge in [-0.3, -0.25) is 0 Å². The van der Waals surface area contributed by atoms with Gasteiger partial charge in [0.05, 0.1) is 17.1 Å². The smallest absolute Gasteiger partial charge is 0.338 e. The van der Waals surface area contributed by atoms with E-state index in [4.69, 9.17) is 9.47 Å². The van der Waals surface area contributed by atoms with Crippen LogP contribution in [-0.4, -0.2) is 47.8 Å². The van der Waals surface area contributed by atoms with Gasteiger partial charge in [0.2, 0.25) is 0 Å². The van der Waals surface area contributed by atoms with E-state index in [0.29, 0.717) is 23.3 Å². The molecule has 0 unspecified atom stereocenters. The normalized spacial score (nSPS) is 21.8. The Labute approximate surface area is 166 Å². The number of aromatic nitrogens is 6. The number of ether oxygens (including phenoxy) is 2. The van der Waals surface area contributed by atoms with E-state index in [2.05, 4.69) is 27.4 Å². The number of carbonyl (C=O) groups is 1. The fourth-order valence-corrected chi connectivity index (χ4v) is 3.90. The molecule has 3 atom stereocenters. The molecule has 0 radical (unpaired) electrons. The second-order valence-corrected chi connectivity index (χ2v) is 7.21. The van der Waals surface area contributed by atoms with Crippen LogP contribution in [0.1, 0.15) is 41.9 Å². The zero-order valence-electron chi connectivity index (χ0n) is 16.1. The SMILES string of the molecule is CC[C@@H]1C[C@@H](OC(=O)c2ccccc2)[C@H](n2cc(C)c3c2ncn2nnnc32)O1. The van der Waals surface area contributed by atoms with Crippen molar-refractivity contribution in [2.75, 3.05) is 0 Å². The maximum absolute atomic E-state index is 12.6. The van der Waals surface area contributed by atoms with Crippen LogP contribution in [-0.2, 0) is 9.47 Å². The number of nitrogens with zero attached hydrogens (tertiary/aromatic N) is 6. The highest BCUT2D eigenvalue weighted by atomic mass is 16.6. The first-order valence-corrected chi connectivity index (χ1v) is 9.61. The van der Waals surface area contributed by atoms with Crippen LogP contribution in [0.3, 0.4) is 0 Å². The van der Waals surface area contributed by atoms with Crippen molar-refractivity contribution in [1.29, 1.82) is 0 Å². The van der Waals surface area contributed by atoms with Crippen LogP contribution < -0.4 is 0 Å². The second kappa shape index (κ2) is 6.93. The first-order valence-electron chi connectivity index (χ1n) is 9.61. The van der Waals surface area contributed by atoms with Crippen LogP contribution in [0.5, 0.6) is 0 Å². The van der Waals surface area contributed by atoms with Gasteiger partial charge < -0.3 is 14.0 Å². The molecule has 1 aliphatic rings. The summed E-state index contributed by atoms with van der Waals surface area (Å²) >= 11 is 0. The van der Waals surface area contributed by atoms with Crippen LogP contribution in [0.4, 0.5) is 0 Å². The molecule has 1 aromatic carbocycles. The summed E-state index contributed by atoms with van der Waals surface area (Å²) < 4.78 is 15.6. The number of aryl methyl sites for hydroxylation is 1. The predicted octanol–water partition coefficient (Wildman–Crippen LogP) is 2.71. The number of hydrogen-bond donors (Lipinski definition) is 0. The molecule has 0 N–H and O–H groups in total. The lowest BCUT2D eigenvalue weighted by Gasteiger charge is -2.21. The minimum Gasteiger partial charge on any atom is -0.454 e. The van der Waals surface area contributed by atoms with E-state index in [1.807, 2.05) is 35.9 Å². The fourth-order valence-electron chi connectivity index (χ4n) is 3.90. The maximum Gasteiger partial charge on any atom is 0.338 e. The van der Waals surface area contributed by atoms with Crippen molar-refractivity contribution in [2.24, 2.45) is 0 Å². The minimum absolute atomic E-state index is 0.00446. The third kappa shape index (κ3) is 2.94. The Morgan fingerprint density at radius 1 is 1.28 bits per heavy atom. The fraction of sp³-hybridized carbons (Fsp3) is 0.350. The van der Waals surface area contributed by atoms with E-state index < -0.39 is 12.3 Å². The molecule has 148 valence electrons. The van der Waals surface area contributed by atoms with Gasteiger partial charge in [0.1, 0.15) is 18.1 Å². The summed E-state index contributed by atoms with van der Waals surface area (Å²) in [6.07, 6.45) is 4.12. The Kier molecular flexibility index (Phi) is 4.24. The number of fused-ring (bicyclic) bond motifs is 3. The molecule has 4 aromatic rings. The third-order valence-corrected chi connectivity index (χ3v) is 5.34. The molecule has 9 heteroatoms. The summed E-state index contributed by atoms with van der Waals surface area (Å²) in [6.45, 7) is 4.04. The number of carbonyl (C=O) groups excluding carboxylic acids is 1. The Morgan fingerprint density at radius 2 is 2.10 bits per heavy atom. The summed E-state index contributed by atoms with van der Waals surface area (Å²) in [5.41, 5.74) is 2.83. The molecule has 5 rings (SSSR count). The van der Waals surface area contributed by atoms with Crippen molar-refractivity contribution < 1.29 is 14.3 Å². The monoisotopic (exact) mass is 392 g/mol. The average Bonchev–Trinajstić information content (AvgIpc) is 3.45. The van der Waals surface area contributed by atoms with Crippen molar-refractivity contribution in [3.05, 3.63) is 54.0 Å². The van der Waals surface area contributed by atoms with Crippen molar-refractivity contribution in [1.82, 2.24) is 29.6 Å². The lowest BCUT2D eigenvalue weighted by atomic mass is 10.1. The first-order chi connectivity index (χ1) is 14.2. The number of tetrazole rings is 1. The third-order valence-electron chi connectivity index (χ3n) is 5.34. The summed E-state index contributed by atoms with van der Waals surface area (Å²) in [7, 11) is 0. The Morgan fingerprint density at radius 3 is 2.90 bits per heavy atom. The Bertz CT molecular complexity index is 1190. The van der Waals surface area contributed by atoms with E-state index in [0.717, 1.165) is 17.4 Å². The quantitative estimate of drug-likeness (QED) is 0.493. The molecule has 9 nitrogen and oxygen atoms in total. The van der Waals surface area contributed by atoms with E-state index in [9.17, 15) is 4.79 Å². The predicted molar refractivity (Wildman–Crippen MR) is 103 cm³/mol. The minimum atomic E-state index is -0.463. The zero-order valence-corrected chi connectivity index (χ0v) is 16.1. The van der Waals surface area contributed by atoms with Gasteiger partial charge in [-0.1, -0.05) is 25.1 Å². The van der Waals surface area contributed by atoms with E-state index >= 15 is 0 Å². The topological polar surface area (TPSA) is 96.4 Å². The van der Waals surface area contributed by atoms with Gasteiger partial charge in [0, 0.05) is 12.6 Å². The van der Waals surface area contributed by atoms with E-state index in [1.165, 1.54) is 4.52 Å². The van der Waals surface area contributed by atoms with Gasteiger partial charge in [-0.15, -0.1) is 5.10 Å². The Balaban J connectivity index is 1.53. The lowest BCUT2D eigenvalue weighted by Crippen LogP contribution is -2.25. The molecule has 0 spiro atoms. The van der Waals surface area contributed by atoms with Crippen LogP contribution in [0.15, 0.2) is 42.9 Å². The van der Waals surface area contributed by atoms with Gasteiger partial charge in [0.25, 0.3) is 0 Å². The number of esters is 1. The summed E-state index contributed by atoms with van der Waals surface area (Å²) in [6, 6.07) is 9.00. The van der Waals surface area contributed by atoms with Gasteiger partial charge in [0.15, 0.2) is 11.9 Å². The highest BCUT2D eigenvalue weighted by Gasteiger charge is 2.39. The van der Waals surface area contributed by atoms with Gasteiger partial charge in [-0.25, -0.2) is 9.78 Å². The van der Waals surface area contributed by atoms with Gasteiger partial charge in [-0.2, -0.15) is 4.52 Å². The largest absolute Gasteiger partial charge is 0.454 e. The van der Waals surface area contributed by atoms with Crippen molar-refractivity contribution in [3.63, 3.8) is 0 Å². The summed E-state index contributed by atoms with van der Waals surface area (Å²) in [5, 5.41) is 12.6. The molecule has 0 bridgehead atoms. The summed E-state index contributed by atoms with van der Waals surface area (Å²) in [5.74, 6) is -0.355. The highest BCUT2D eigenvalue weighted by Crippen LogP contribution is 2.36. The lowest BCUT2D eigenvalue weighted by molar-refractivity contribution is -0.0465. The summed E-state index contributed by atoms with van der Waals surface area (Å²) in [4.78, 5) is 17.2. The highest BCUT2D eigenvalue weighted by molar-refractivity contribution is 5.92. The number of benzene rings is 1. The molecule has 1 aliphatic heterocycles. The molecule has 1 saturated heterocycles. The molecule has 29 heavy (non-hydrogen) atoms. The van der Waals surface area contributed by atoms with Gasteiger partial charge >= 0.3 is 5.97 Å². The standard InChI is InChI=1S/C20H20N6O3/c1-3-14-9-15(29-20(27)13-7-5-4-6-8-13)19(28-14)25-10-12(2)16-17(25)21-11-26-18(16)22-23-24-26/h4-8,10-11,14-15,19H,3,9H2,1-2H3/t14-,15-,19-/m1/s1. The molecule has 3 aromatic heterocycles. The molecule has 0 saturated carbocycles. The Hall–Kier alpha value is -3.33. The van der Waals surface area contributed by atoms with E-state index in [1.54, 1.807) is 18.5 Å². The molecular formula is C20H20N6O3. The zero-order chi connectivity index (χ0) is 20.0. The molecule has 0 amide bonds. The number of rotatable bonds is 4. The van der Waals surface area contributed by atoms with Crippen LogP contribution in [0, 0.1) is 6.92 Å². The molecule has 0 aliphatic carbocycles.